The summed E-state index contributed by atoms with van der Waals surface area (Å²) in [7, 11) is 0. The molecule has 1 aromatic carbocycles. The Morgan fingerprint density at radius 1 is 1.30 bits per heavy atom. The highest BCUT2D eigenvalue weighted by molar-refractivity contribution is 5.89. The van der Waals surface area contributed by atoms with E-state index in [0.717, 1.165) is 25.8 Å². The lowest BCUT2D eigenvalue weighted by Crippen LogP contribution is -2.45. The first-order valence-corrected chi connectivity index (χ1v) is 8.38. The van der Waals surface area contributed by atoms with Crippen molar-refractivity contribution in [1.29, 1.82) is 0 Å². The van der Waals surface area contributed by atoms with E-state index in [0.29, 0.717) is 12.1 Å². The van der Waals surface area contributed by atoms with Crippen LogP contribution in [0.4, 0.5) is 4.39 Å². The van der Waals surface area contributed by atoms with Gasteiger partial charge in [0.1, 0.15) is 5.82 Å². The number of nitrogens with zero attached hydrogens (tertiary/aromatic N) is 2. The number of benzene rings is 1. The number of carbonyl (C=O) groups excluding carboxylic acids is 2. The maximum absolute atomic E-state index is 13.8. The fraction of sp³-hybridized carbons (Fsp3) is 0.556. The molecule has 4 nitrogen and oxygen atoms in total. The molecule has 2 saturated heterocycles. The molecule has 2 aliphatic heterocycles. The van der Waals surface area contributed by atoms with E-state index in [1.54, 1.807) is 23.1 Å². The molecule has 2 heterocycles. The summed E-state index contributed by atoms with van der Waals surface area (Å²) in [6.45, 7) is 3.50. The van der Waals surface area contributed by atoms with E-state index in [1.807, 2.05) is 4.90 Å². The van der Waals surface area contributed by atoms with Crippen molar-refractivity contribution in [2.45, 2.75) is 45.2 Å². The third kappa shape index (κ3) is 3.38. The van der Waals surface area contributed by atoms with E-state index < -0.39 is 0 Å². The second kappa shape index (κ2) is 6.69. The Morgan fingerprint density at radius 2 is 2.09 bits per heavy atom. The topological polar surface area (TPSA) is 40.6 Å². The lowest BCUT2D eigenvalue weighted by atomic mass is 9.99. The Hall–Kier alpha value is -1.91. The molecular formula is C18H23FN2O2. The Kier molecular flexibility index (Phi) is 4.64. The minimum absolute atomic E-state index is 0.0590. The lowest BCUT2D eigenvalue weighted by molar-refractivity contribution is -0.139. The van der Waals surface area contributed by atoms with Crippen LogP contribution in [0.5, 0.6) is 0 Å². The minimum Gasteiger partial charge on any atom is -0.340 e. The van der Waals surface area contributed by atoms with Crippen LogP contribution in [0, 0.1) is 11.7 Å². The normalized spacial score (nSPS) is 25.0. The number of piperidine rings is 1. The van der Waals surface area contributed by atoms with Crippen LogP contribution in [-0.2, 0) is 16.1 Å². The van der Waals surface area contributed by atoms with Gasteiger partial charge < -0.3 is 9.80 Å². The maximum Gasteiger partial charge on any atom is 0.228 e. The van der Waals surface area contributed by atoms with Crippen LogP contribution in [0.3, 0.4) is 0 Å². The molecule has 23 heavy (non-hydrogen) atoms. The molecule has 124 valence electrons. The Bertz CT molecular complexity index is 604. The van der Waals surface area contributed by atoms with Gasteiger partial charge in [0, 0.05) is 37.7 Å². The van der Waals surface area contributed by atoms with Crippen LogP contribution < -0.4 is 0 Å². The van der Waals surface area contributed by atoms with Crippen LogP contribution in [0.25, 0.3) is 0 Å². The molecule has 2 aliphatic rings. The van der Waals surface area contributed by atoms with E-state index in [2.05, 4.69) is 6.92 Å². The van der Waals surface area contributed by atoms with Crippen molar-refractivity contribution in [3.8, 4) is 0 Å². The number of likely N-dealkylation sites (tertiary alicyclic amines) is 2. The number of hydrogen-bond donors (Lipinski definition) is 0. The fourth-order valence-electron chi connectivity index (χ4n) is 3.58. The second-order valence-corrected chi connectivity index (χ2v) is 6.64. The number of hydrogen-bond acceptors (Lipinski definition) is 2. The molecular weight excluding hydrogens is 295 g/mol. The molecule has 3 rings (SSSR count). The van der Waals surface area contributed by atoms with Crippen molar-refractivity contribution in [2.24, 2.45) is 5.92 Å². The SMILES string of the molecule is CC1CCCCN1C(=O)C1CC(=O)N(Cc2ccccc2F)C1. The van der Waals surface area contributed by atoms with E-state index in [1.165, 1.54) is 6.07 Å². The van der Waals surface area contributed by atoms with Crippen molar-refractivity contribution in [1.82, 2.24) is 9.80 Å². The lowest BCUT2D eigenvalue weighted by Gasteiger charge is -2.35. The summed E-state index contributed by atoms with van der Waals surface area (Å²) in [6, 6.07) is 6.73. The quantitative estimate of drug-likeness (QED) is 0.859. The first kappa shape index (κ1) is 16.0. The van der Waals surface area contributed by atoms with Gasteiger partial charge in [-0.2, -0.15) is 0 Å². The monoisotopic (exact) mass is 318 g/mol. The first-order valence-electron chi connectivity index (χ1n) is 8.38. The summed E-state index contributed by atoms with van der Waals surface area (Å²) in [5.74, 6) is -0.563. The van der Waals surface area contributed by atoms with Crippen LogP contribution in [0.2, 0.25) is 0 Å². The van der Waals surface area contributed by atoms with Gasteiger partial charge in [0.05, 0.1) is 5.92 Å². The third-order valence-electron chi connectivity index (χ3n) is 4.97. The van der Waals surface area contributed by atoms with Crippen molar-refractivity contribution >= 4 is 11.8 Å². The van der Waals surface area contributed by atoms with Gasteiger partial charge in [0.15, 0.2) is 0 Å². The molecule has 1 aromatic rings. The molecule has 2 atom stereocenters. The minimum atomic E-state index is -0.306. The highest BCUT2D eigenvalue weighted by Crippen LogP contribution is 2.26. The molecule has 0 aliphatic carbocycles. The highest BCUT2D eigenvalue weighted by Gasteiger charge is 2.38. The van der Waals surface area contributed by atoms with Gasteiger partial charge in [-0.25, -0.2) is 4.39 Å². The summed E-state index contributed by atoms with van der Waals surface area (Å²) >= 11 is 0. The largest absolute Gasteiger partial charge is 0.340 e. The van der Waals surface area contributed by atoms with Crippen LogP contribution >= 0.6 is 0 Å². The fourth-order valence-corrected chi connectivity index (χ4v) is 3.58. The predicted octanol–water partition coefficient (Wildman–Crippen LogP) is 2.58. The standard InChI is InChI=1S/C18H23FN2O2/c1-13-6-4-5-9-21(13)18(23)15-10-17(22)20(12-15)11-14-7-2-3-8-16(14)19/h2-3,7-8,13,15H,4-6,9-12H2,1H3. The van der Waals surface area contributed by atoms with Gasteiger partial charge in [0.2, 0.25) is 11.8 Å². The molecule has 0 bridgehead atoms. The van der Waals surface area contributed by atoms with Gasteiger partial charge in [-0.05, 0) is 32.3 Å². The maximum atomic E-state index is 13.8. The molecule has 0 N–H and O–H groups in total. The van der Waals surface area contributed by atoms with E-state index >= 15 is 0 Å². The van der Waals surface area contributed by atoms with Gasteiger partial charge in [-0.15, -0.1) is 0 Å². The molecule has 2 fully saturated rings. The van der Waals surface area contributed by atoms with E-state index in [-0.39, 0.29) is 42.6 Å². The van der Waals surface area contributed by atoms with Gasteiger partial charge in [-0.3, -0.25) is 9.59 Å². The Balaban J connectivity index is 1.65. The van der Waals surface area contributed by atoms with E-state index in [9.17, 15) is 14.0 Å². The zero-order valence-electron chi connectivity index (χ0n) is 13.5. The molecule has 0 saturated carbocycles. The number of halogens is 1. The number of rotatable bonds is 3. The van der Waals surface area contributed by atoms with Crippen molar-refractivity contribution < 1.29 is 14.0 Å². The van der Waals surface area contributed by atoms with Gasteiger partial charge >= 0.3 is 0 Å². The van der Waals surface area contributed by atoms with Crippen molar-refractivity contribution in [2.75, 3.05) is 13.1 Å². The first-order chi connectivity index (χ1) is 11.1. The highest BCUT2D eigenvalue weighted by atomic mass is 19.1. The predicted molar refractivity (Wildman–Crippen MR) is 85.0 cm³/mol. The van der Waals surface area contributed by atoms with E-state index in [4.69, 9.17) is 0 Å². The zero-order chi connectivity index (χ0) is 16.4. The second-order valence-electron chi connectivity index (χ2n) is 6.64. The van der Waals surface area contributed by atoms with Crippen molar-refractivity contribution in [3.63, 3.8) is 0 Å². The molecule has 0 radical (unpaired) electrons. The molecule has 0 aromatic heterocycles. The van der Waals surface area contributed by atoms with Crippen LogP contribution in [0.1, 0.15) is 38.2 Å². The average Bonchev–Trinajstić information content (AvgIpc) is 2.90. The number of carbonyl (C=O) groups is 2. The van der Waals surface area contributed by atoms with Crippen LogP contribution in [-0.4, -0.2) is 40.7 Å². The third-order valence-corrected chi connectivity index (χ3v) is 4.97. The summed E-state index contributed by atoms with van der Waals surface area (Å²) in [5.41, 5.74) is 0.500. The molecule has 2 amide bonds. The summed E-state index contributed by atoms with van der Waals surface area (Å²) in [5, 5.41) is 0. The summed E-state index contributed by atoms with van der Waals surface area (Å²) in [4.78, 5) is 28.4. The summed E-state index contributed by atoms with van der Waals surface area (Å²) < 4.78 is 13.8. The Labute approximate surface area is 136 Å². The Morgan fingerprint density at radius 3 is 2.83 bits per heavy atom. The number of amides is 2. The van der Waals surface area contributed by atoms with Gasteiger partial charge in [0.25, 0.3) is 0 Å². The summed E-state index contributed by atoms with van der Waals surface area (Å²) in [6.07, 6.45) is 3.48. The molecule has 0 spiro atoms. The molecule has 5 heteroatoms. The van der Waals surface area contributed by atoms with Crippen molar-refractivity contribution in [3.05, 3.63) is 35.6 Å². The van der Waals surface area contributed by atoms with Crippen LogP contribution in [0.15, 0.2) is 24.3 Å². The average molecular weight is 318 g/mol. The molecule has 2 unspecified atom stereocenters. The zero-order valence-corrected chi connectivity index (χ0v) is 13.5. The van der Waals surface area contributed by atoms with Gasteiger partial charge in [-0.1, -0.05) is 18.2 Å². The smallest absolute Gasteiger partial charge is 0.228 e.